The molecule has 0 saturated carbocycles. The molecule has 1 heterocycles. The molecule has 0 atom stereocenters. The number of hydrogen-bond acceptors (Lipinski definition) is 3. The number of amides is 2. The molecule has 0 radical (unpaired) electrons. The Hall–Kier alpha value is -3.28. The van der Waals surface area contributed by atoms with Crippen molar-refractivity contribution in [1.82, 2.24) is 15.2 Å². The van der Waals surface area contributed by atoms with Gasteiger partial charge in [-0.1, -0.05) is 36.4 Å². The van der Waals surface area contributed by atoms with Gasteiger partial charge in [-0.25, -0.2) is 4.39 Å². The molecule has 3 rings (SSSR count). The maximum atomic E-state index is 12.9. The fourth-order valence-corrected chi connectivity index (χ4v) is 2.99. The largest absolute Gasteiger partial charge is 0.350 e. The second-order valence-electron chi connectivity index (χ2n) is 6.48. The summed E-state index contributed by atoms with van der Waals surface area (Å²) >= 11 is 0. The number of carbonyl (C=O) groups is 2. The fourth-order valence-electron chi connectivity index (χ4n) is 2.99. The molecule has 144 valence electrons. The number of hydrogen-bond donors (Lipinski definition) is 1. The van der Waals surface area contributed by atoms with Gasteiger partial charge < -0.3 is 10.2 Å². The molecule has 2 aromatic carbocycles. The third kappa shape index (κ3) is 4.91. The Morgan fingerprint density at radius 1 is 1.07 bits per heavy atom. The van der Waals surface area contributed by atoms with E-state index < -0.39 is 0 Å². The number of fused-ring (bicyclic) bond motifs is 1. The van der Waals surface area contributed by atoms with Gasteiger partial charge in [-0.2, -0.15) is 0 Å². The maximum absolute atomic E-state index is 12.9. The Morgan fingerprint density at radius 2 is 1.82 bits per heavy atom. The highest BCUT2D eigenvalue weighted by Gasteiger charge is 2.17. The molecule has 2 amide bonds. The Balaban J connectivity index is 1.59. The van der Waals surface area contributed by atoms with E-state index in [0.717, 1.165) is 22.0 Å². The van der Waals surface area contributed by atoms with E-state index in [1.54, 1.807) is 18.3 Å². The standard InChI is InChI=1S/C22H22FN3O2/c1-2-26(15-20(27)25-14-16-8-10-19(23)11-9-16)21(28)13-18-6-3-5-17-7-4-12-24-22(17)18/h3-12H,2,13-15H2,1H3,(H,25,27). The van der Waals surface area contributed by atoms with Crippen molar-refractivity contribution in [3.8, 4) is 0 Å². The number of likely N-dealkylation sites (N-methyl/N-ethyl adjacent to an activating group) is 1. The summed E-state index contributed by atoms with van der Waals surface area (Å²) in [4.78, 5) is 30.8. The van der Waals surface area contributed by atoms with Crippen LogP contribution in [0.15, 0.2) is 60.8 Å². The van der Waals surface area contributed by atoms with Gasteiger partial charge in [0, 0.05) is 24.7 Å². The number of nitrogens with zero attached hydrogens (tertiary/aromatic N) is 2. The van der Waals surface area contributed by atoms with Gasteiger partial charge in [0.2, 0.25) is 11.8 Å². The lowest BCUT2D eigenvalue weighted by Crippen LogP contribution is -2.41. The SMILES string of the molecule is CCN(CC(=O)NCc1ccc(F)cc1)C(=O)Cc1cccc2cccnc12. The summed E-state index contributed by atoms with van der Waals surface area (Å²) in [6, 6.07) is 15.5. The molecule has 1 aromatic heterocycles. The summed E-state index contributed by atoms with van der Waals surface area (Å²) in [5, 5.41) is 3.74. The normalized spacial score (nSPS) is 10.6. The molecular weight excluding hydrogens is 357 g/mol. The summed E-state index contributed by atoms with van der Waals surface area (Å²) < 4.78 is 12.9. The molecule has 0 fully saturated rings. The number of benzene rings is 2. The number of pyridine rings is 1. The molecule has 0 aliphatic rings. The number of nitrogens with one attached hydrogen (secondary N) is 1. The minimum Gasteiger partial charge on any atom is -0.350 e. The number of aromatic nitrogens is 1. The molecule has 0 unspecified atom stereocenters. The second kappa shape index (κ2) is 9.08. The summed E-state index contributed by atoms with van der Waals surface area (Å²) in [5.41, 5.74) is 2.44. The summed E-state index contributed by atoms with van der Waals surface area (Å²) in [7, 11) is 0. The molecule has 5 nitrogen and oxygen atoms in total. The van der Waals surface area contributed by atoms with Crippen LogP contribution in [0.4, 0.5) is 4.39 Å². The average Bonchev–Trinajstić information content (AvgIpc) is 2.71. The smallest absolute Gasteiger partial charge is 0.239 e. The van der Waals surface area contributed by atoms with Crippen LogP contribution in [0.3, 0.4) is 0 Å². The lowest BCUT2D eigenvalue weighted by molar-refractivity contribution is -0.135. The van der Waals surface area contributed by atoms with E-state index in [9.17, 15) is 14.0 Å². The Labute approximate surface area is 163 Å². The monoisotopic (exact) mass is 379 g/mol. The minimum atomic E-state index is -0.319. The van der Waals surface area contributed by atoms with Gasteiger partial charge >= 0.3 is 0 Å². The van der Waals surface area contributed by atoms with Crippen molar-refractivity contribution in [2.45, 2.75) is 19.9 Å². The van der Waals surface area contributed by atoms with Gasteiger partial charge in [-0.3, -0.25) is 14.6 Å². The maximum Gasteiger partial charge on any atom is 0.239 e. The highest BCUT2D eigenvalue weighted by molar-refractivity contribution is 5.89. The number of para-hydroxylation sites is 1. The van der Waals surface area contributed by atoms with Crippen LogP contribution in [0.2, 0.25) is 0 Å². The van der Waals surface area contributed by atoms with Gasteiger partial charge in [0.05, 0.1) is 18.5 Å². The summed E-state index contributed by atoms with van der Waals surface area (Å²) in [6.07, 6.45) is 1.89. The minimum absolute atomic E-state index is 0.0191. The van der Waals surface area contributed by atoms with Crippen molar-refractivity contribution >= 4 is 22.7 Å². The first kappa shape index (κ1) is 19.5. The zero-order valence-electron chi connectivity index (χ0n) is 15.7. The lowest BCUT2D eigenvalue weighted by atomic mass is 10.1. The third-order valence-corrected chi connectivity index (χ3v) is 4.53. The molecule has 0 saturated heterocycles. The number of carbonyl (C=O) groups excluding carboxylic acids is 2. The van der Waals surface area contributed by atoms with Gasteiger partial charge in [0.25, 0.3) is 0 Å². The van der Waals surface area contributed by atoms with Crippen molar-refractivity contribution < 1.29 is 14.0 Å². The predicted octanol–water partition coefficient (Wildman–Crippen LogP) is 3.08. The molecule has 0 aliphatic carbocycles. The van der Waals surface area contributed by atoms with Gasteiger partial charge in [0.1, 0.15) is 5.82 Å². The van der Waals surface area contributed by atoms with E-state index in [2.05, 4.69) is 10.3 Å². The van der Waals surface area contributed by atoms with E-state index in [1.807, 2.05) is 37.3 Å². The van der Waals surface area contributed by atoms with Crippen LogP contribution in [0.5, 0.6) is 0 Å². The molecule has 3 aromatic rings. The molecule has 0 aliphatic heterocycles. The number of halogens is 1. The predicted molar refractivity (Wildman–Crippen MR) is 106 cm³/mol. The van der Waals surface area contributed by atoms with E-state index in [0.29, 0.717) is 6.54 Å². The van der Waals surface area contributed by atoms with Gasteiger partial charge in [0.15, 0.2) is 0 Å². The van der Waals surface area contributed by atoms with Crippen molar-refractivity contribution in [2.75, 3.05) is 13.1 Å². The highest BCUT2D eigenvalue weighted by Crippen LogP contribution is 2.17. The summed E-state index contributed by atoms with van der Waals surface area (Å²) in [5.74, 6) is -0.700. The van der Waals surface area contributed by atoms with Crippen molar-refractivity contribution in [3.05, 3.63) is 77.7 Å². The lowest BCUT2D eigenvalue weighted by Gasteiger charge is -2.20. The first-order chi connectivity index (χ1) is 13.6. The fraction of sp³-hybridized carbons (Fsp3) is 0.227. The van der Waals surface area contributed by atoms with Crippen LogP contribution in [0.25, 0.3) is 10.9 Å². The van der Waals surface area contributed by atoms with Crippen LogP contribution >= 0.6 is 0 Å². The van der Waals surface area contributed by atoms with Gasteiger partial charge in [-0.05, 0) is 36.2 Å². The van der Waals surface area contributed by atoms with Crippen molar-refractivity contribution in [1.29, 1.82) is 0 Å². The molecule has 0 bridgehead atoms. The van der Waals surface area contributed by atoms with E-state index in [-0.39, 0.29) is 37.1 Å². The third-order valence-electron chi connectivity index (χ3n) is 4.53. The second-order valence-corrected chi connectivity index (χ2v) is 6.48. The van der Waals surface area contributed by atoms with E-state index in [1.165, 1.54) is 17.0 Å². The molecule has 28 heavy (non-hydrogen) atoms. The Morgan fingerprint density at radius 3 is 2.57 bits per heavy atom. The number of rotatable bonds is 7. The zero-order chi connectivity index (χ0) is 19.9. The van der Waals surface area contributed by atoms with Crippen molar-refractivity contribution in [3.63, 3.8) is 0 Å². The van der Waals surface area contributed by atoms with Crippen LogP contribution in [0.1, 0.15) is 18.1 Å². The van der Waals surface area contributed by atoms with Crippen molar-refractivity contribution in [2.24, 2.45) is 0 Å². The highest BCUT2D eigenvalue weighted by atomic mass is 19.1. The molecular formula is C22H22FN3O2. The quantitative estimate of drug-likeness (QED) is 0.686. The molecule has 1 N–H and O–H groups in total. The van der Waals surface area contributed by atoms with Crippen LogP contribution in [0, 0.1) is 5.82 Å². The first-order valence-electron chi connectivity index (χ1n) is 9.18. The zero-order valence-corrected chi connectivity index (χ0v) is 15.7. The average molecular weight is 379 g/mol. The van der Waals surface area contributed by atoms with Crippen LogP contribution < -0.4 is 5.32 Å². The van der Waals surface area contributed by atoms with Gasteiger partial charge in [-0.15, -0.1) is 0 Å². The molecule has 6 heteroatoms. The van der Waals surface area contributed by atoms with Crippen LogP contribution in [-0.4, -0.2) is 34.8 Å². The van der Waals surface area contributed by atoms with Crippen LogP contribution in [-0.2, 0) is 22.6 Å². The first-order valence-corrected chi connectivity index (χ1v) is 9.18. The Bertz CT molecular complexity index is 968. The summed E-state index contributed by atoms with van der Waals surface area (Å²) in [6.45, 7) is 2.54. The van der Waals surface area contributed by atoms with E-state index in [4.69, 9.17) is 0 Å². The molecule has 0 spiro atoms. The Kier molecular flexibility index (Phi) is 6.32. The topological polar surface area (TPSA) is 62.3 Å². The van der Waals surface area contributed by atoms with E-state index >= 15 is 0 Å².